The number of imide groups is 1. The highest BCUT2D eigenvalue weighted by atomic mass is 35.5. The maximum atomic E-state index is 12.7. The molecule has 1 fully saturated rings. The number of carbonyl (C=O) groups excluding carboxylic acids is 2. The maximum absolute atomic E-state index is 12.7. The number of benzene rings is 2. The molecular formula is C20H10Cl2N2O5S. The Bertz CT molecular complexity index is 1240. The summed E-state index contributed by atoms with van der Waals surface area (Å²) in [6.45, 7) is 0. The molecule has 1 aliphatic heterocycles. The van der Waals surface area contributed by atoms with Crippen LogP contribution in [0.3, 0.4) is 0 Å². The van der Waals surface area contributed by atoms with Crippen molar-refractivity contribution in [3.8, 4) is 11.3 Å². The van der Waals surface area contributed by atoms with E-state index in [1.54, 1.807) is 36.4 Å². The van der Waals surface area contributed by atoms with Gasteiger partial charge >= 0.3 is 0 Å². The number of nitro benzene ring substituents is 1. The van der Waals surface area contributed by atoms with E-state index in [-0.39, 0.29) is 15.6 Å². The molecule has 0 aliphatic carbocycles. The van der Waals surface area contributed by atoms with Crippen molar-refractivity contribution in [2.75, 3.05) is 4.90 Å². The predicted molar refractivity (Wildman–Crippen MR) is 116 cm³/mol. The van der Waals surface area contributed by atoms with Gasteiger partial charge in [0, 0.05) is 22.7 Å². The first kappa shape index (κ1) is 20.2. The fraction of sp³-hybridized carbons (Fsp3) is 0. The number of nitrogens with zero attached hydrogens (tertiary/aromatic N) is 2. The molecule has 0 bridgehead atoms. The van der Waals surface area contributed by atoms with Crippen molar-refractivity contribution in [1.29, 1.82) is 0 Å². The lowest BCUT2D eigenvalue weighted by molar-refractivity contribution is -0.384. The molecule has 0 saturated carbocycles. The first-order valence-electron chi connectivity index (χ1n) is 8.41. The minimum absolute atomic E-state index is 0.0187. The number of rotatable bonds is 4. The van der Waals surface area contributed by atoms with Crippen LogP contribution in [-0.4, -0.2) is 16.1 Å². The molecule has 7 nitrogen and oxygen atoms in total. The summed E-state index contributed by atoms with van der Waals surface area (Å²) in [5.74, 6) is 0.182. The fourth-order valence-corrected chi connectivity index (χ4v) is 4.02. The molecule has 1 saturated heterocycles. The first-order valence-corrected chi connectivity index (χ1v) is 9.98. The highest BCUT2D eigenvalue weighted by Crippen LogP contribution is 2.37. The van der Waals surface area contributed by atoms with Crippen LogP contribution in [0.2, 0.25) is 10.0 Å². The Morgan fingerprint density at radius 1 is 1.07 bits per heavy atom. The number of carbonyl (C=O) groups is 2. The Morgan fingerprint density at radius 3 is 2.60 bits per heavy atom. The van der Waals surface area contributed by atoms with Crippen LogP contribution < -0.4 is 4.90 Å². The molecule has 3 aromatic rings. The molecule has 2 amide bonds. The van der Waals surface area contributed by atoms with Crippen molar-refractivity contribution >= 4 is 63.6 Å². The topological polar surface area (TPSA) is 93.7 Å². The van der Waals surface area contributed by atoms with Gasteiger partial charge in [-0.25, -0.2) is 4.90 Å². The molecule has 1 aliphatic rings. The first-order chi connectivity index (χ1) is 14.3. The molecule has 2 heterocycles. The highest BCUT2D eigenvalue weighted by molar-refractivity contribution is 8.19. The van der Waals surface area contributed by atoms with Crippen LogP contribution in [-0.2, 0) is 4.79 Å². The van der Waals surface area contributed by atoms with Crippen molar-refractivity contribution in [2.24, 2.45) is 0 Å². The number of halogens is 2. The summed E-state index contributed by atoms with van der Waals surface area (Å²) in [6.07, 6.45) is 1.45. The Kier molecular flexibility index (Phi) is 5.38. The molecule has 4 rings (SSSR count). The van der Waals surface area contributed by atoms with Crippen LogP contribution in [0, 0.1) is 10.1 Å². The summed E-state index contributed by atoms with van der Waals surface area (Å²) in [6, 6.07) is 13.9. The number of hydrogen-bond donors (Lipinski definition) is 0. The van der Waals surface area contributed by atoms with Crippen molar-refractivity contribution in [3.05, 3.63) is 85.4 Å². The summed E-state index contributed by atoms with van der Waals surface area (Å²) >= 11 is 12.6. The summed E-state index contributed by atoms with van der Waals surface area (Å²) in [7, 11) is 0. The normalized spacial score (nSPS) is 15.3. The van der Waals surface area contributed by atoms with Gasteiger partial charge in [-0.1, -0.05) is 29.3 Å². The van der Waals surface area contributed by atoms with Crippen LogP contribution in [0.1, 0.15) is 5.76 Å². The highest BCUT2D eigenvalue weighted by Gasteiger charge is 2.36. The van der Waals surface area contributed by atoms with Gasteiger partial charge in [-0.15, -0.1) is 0 Å². The zero-order valence-corrected chi connectivity index (χ0v) is 17.2. The van der Waals surface area contributed by atoms with E-state index < -0.39 is 16.1 Å². The van der Waals surface area contributed by atoms with Gasteiger partial charge in [-0.2, -0.15) is 0 Å². The molecule has 0 unspecified atom stereocenters. The predicted octanol–water partition coefficient (Wildman–Crippen LogP) is 6.40. The Labute approximate surface area is 184 Å². The molecule has 0 radical (unpaired) electrons. The number of amides is 2. The molecule has 30 heavy (non-hydrogen) atoms. The third-order valence-electron chi connectivity index (χ3n) is 4.19. The fourth-order valence-electron chi connectivity index (χ4n) is 2.83. The standard InChI is InChI=1S/C20H10Cl2N2O5S/c21-12-2-1-3-13(9-12)23-19(25)18(30-20(23)26)10-14-5-7-17(29-14)11-4-6-15(22)16(8-11)24(27)28/h1-10H/b18-10-. The van der Waals surface area contributed by atoms with Gasteiger partial charge in [0.05, 0.1) is 15.5 Å². The van der Waals surface area contributed by atoms with E-state index in [2.05, 4.69) is 0 Å². The van der Waals surface area contributed by atoms with Crippen molar-refractivity contribution in [2.45, 2.75) is 0 Å². The largest absolute Gasteiger partial charge is 0.457 e. The lowest BCUT2D eigenvalue weighted by Crippen LogP contribution is -2.27. The lowest BCUT2D eigenvalue weighted by atomic mass is 10.1. The van der Waals surface area contributed by atoms with E-state index in [1.165, 1.54) is 24.3 Å². The molecule has 150 valence electrons. The van der Waals surface area contributed by atoms with Crippen LogP contribution in [0.25, 0.3) is 17.4 Å². The minimum atomic E-state index is -0.582. The van der Waals surface area contributed by atoms with Crippen LogP contribution in [0.4, 0.5) is 16.2 Å². The quantitative estimate of drug-likeness (QED) is 0.254. The van der Waals surface area contributed by atoms with Crippen molar-refractivity contribution < 1.29 is 18.9 Å². The van der Waals surface area contributed by atoms with Crippen LogP contribution in [0.15, 0.2) is 63.9 Å². The van der Waals surface area contributed by atoms with Gasteiger partial charge in [-0.3, -0.25) is 19.7 Å². The van der Waals surface area contributed by atoms with Crippen molar-refractivity contribution in [3.63, 3.8) is 0 Å². The zero-order valence-electron chi connectivity index (χ0n) is 14.9. The second kappa shape index (κ2) is 7.98. The molecule has 0 atom stereocenters. The van der Waals surface area contributed by atoms with E-state index in [9.17, 15) is 19.7 Å². The summed E-state index contributed by atoms with van der Waals surface area (Å²) < 4.78 is 5.69. The van der Waals surface area contributed by atoms with Crippen LogP contribution >= 0.6 is 35.0 Å². The summed E-state index contributed by atoms with van der Waals surface area (Å²) in [5.41, 5.74) is 0.592. The number of thioether (sulfide) groups is 1. The van der Waals surface area contributed by atoms with Gasteiger partial charge in [-0.05, 0) is 54.2 Å². The number of furan rings is 1. The molecule has 1 aromatic heterocycles. The van der Waals surface area contributed by atoms with Gasteiger partial charge < -0.3 is 4.42 Å². The Morgan fingerprint density at radius 2 is 1.87 bits per heavy atom. The number of hydrogen-bond acceptors (Lipinski definition) is 6. The van der Waals surface area contributed by atoms with E-state index in [4.69, 9.17) is 27.6 Å². The SMILES string of the molecule is O=C1S/C(=C\c2ccc(-c3ccc(Cl)c([N+](=O)[O-])c3)o2)C(=O)N1c1cccc(Cl)c1. The third-order valence-corrected chi connectivity index (χ3v) is 5.61. The average molecular weight is 461 g/mol. The van der Waals surface area contributed by atoms with Gasteiger partial charge in [0.15, 0.2) is 0 Å². The minimum Gasteiger partial charge on any atom is -0.457 e. The molecule has 0 spiro atoms. The average Bonchev–Trinajstić information content (AvgIpc) is 3.26. The van der Waals surface area contributed by atoms with Gasteiger partial charge in [0.2, 0.25) is 0 Å². The second-order valence-electron chi connectivity index (χ2n) is 6.12. The van der Waals surface area contributed by atoms with Crippen molar-refractivity contribution in [1.82, 2.24) is 0 Å². The maximum Gasteiger partial charge on any atom is 0.298 e. The Hall–Kier alpha value is -3.07. The third kappa shape index (κ3) is 3.85. The molecular weight excluding hydrogens is 451 g/mol. The zero-order chi connectivity index (χ0) is 21.4. The summed E-state index contributed by atoms with van der Waals surface area (Å²) in [5, 5.41) is 11.0. The summed E-state index contributed by atoms with van der Waals surface area (Å²) in [4.78, 5) is 36.8. The van der Waals surface area contributed by atoms with Gasteiger partial charge in [0.1, 0.15) is 16.5 Å². The Balaban J connectivity index is 1.62. The number of nitro groups is 1. The van der Waals surface area contributed by atoms with E-state index >= 15 is 0 Å². The number of anilines is 1. The molecule has 10 heteroatoms. The van der Waals surface area contributed by atoms with Crippen LogP contribution in [0.5, 0.6) is 0 Å². The second-order valence-corrected chi connectivity index (χ2v) is 7.96. The monoisotopic (exact) mass is 460 g/mol. The molecule has 2 aromatic carbocycles. The smallest absolute Gasteiger partial charge is 0.298 e. The lowest BCUT2D eigenvalue weighted by Gasteiger charge is -2.12. The van der Waals surface area contributed by atoms with E-state index in [1.807, 2.05) is 0 Å². The molecule has 0 N–H and O–H groups in total. The van der Waals surface area contributed by atoms with E-state index in [0.717, 1.165) is 16.7 Å². The van der Waals surface area contributed by atoms with Gasteiger partial charge in [0.25, 0.3) is 16.8 Å². The van der Waals surface area contributed by atoms with E-state index in [0.29, 0.717) is 27.8 Å².